The Labute approximate surface area is 281 Å². The lowest BCUT2D eigenvalue weighted by atomic mass is 9.96. The molecule has 0 aliphatic heterocycles. The van der Waals surface area contributed by atoms with Crippen LogP contribution in [0, 0.1) is 13.8 Å². The zero-order valence-corrected chi connectivity index (χ0v) is 27.1. The van der Waals surface area contributed by atoms with Gasteiger partial charge in [0.15, 0.2) is 0 Å². The molecule has 0 N–H and O–H groups in total. The highest BCUT2D eigenvalue weighted by molar-refractivity contribution is 6.24. The predicted molar refractivity (Wildman–Crippen MR) is 205 cm³/mol. The molecule has 0 spiro atoms. The van der Waals surface area contributed by atoms with Crippen molar-refractivity contribution in [3.05, 3.63) is 181 Å². The molecular formula is C46H34N2. The SMILES string of the molecule is Cc1ccccc1-c1ccc(N(c2ccc(-c3ccccc3)cc2)c2ccc(-n3c4cccc5ccc6cccc3c6c54)cc2)cc1C. The number of nitrogens with zero attached hydrogens (tertiary/aromatic N) is 2. The summed E-state index contributed by atoms with van der Waals surface area (Å²) in [4.78, 5) is 2.37. The summed E-state index contributed by atoms with van der Waals surface area (Å²) in [7, 11) is 0. The van der Waals surface area contributed by atoms with E-state index >= 15 is 0 Å². The Hall–Kier alpha value is -6.12. The van der Waals surface area contributed by atoms with Crippen LogP contribution in [-0.2, 0) is 0 Å². The highest BCUT2D eigenvalue weighted by Crippen LogP contribution is 2.41. The summed E-state index contributed by atoms with van der Waals surface area (Å²) in [5, 5.41) is 5.22. The first-order valence-electron chi connectivity index (χ1n) is 16.6. The van der Waals surface area contributed by atoms with Crippen molar-refractivity contribution < 1.29 is 0 Å². The van der Waals surface area contributed by atoms with Gasteiger partial charge in [0.1, 0.15) is 0 Å². The normalized spacial score (nSPS) is 11.5. The van der Waals surface area contributed by atoms with Gasteiger partial charge in [-0.3, -0.25) is 0 Å². The van der Waals surface area contributed by atoms with Crippen LogP contribution in [0.3, 0.4) is 0 Å². The molecule has 2 heteroatoms. The highest BCUT2D eigenvalue weighted by atomic mass is 15.1. The number of rotatable bonds is 6. The van der Waals surface area contributed by atoms with Crippen LogP contribution < -0.4 is 4.90 Å². The van der Waals surface area contributed by atoms with Crippen LogP contribution in [0.2, 0.25) is 0 Å². The Bertz CT molecular complexity index is 2490. The largest absolute Gasteiger partial charge is 0.310 e. The molecule has 0 fully saturated rings. The van der Waals surface area contributed by atoms with E-state index < -0.39 is 0 Å². The van der Waals surface area contributed by atoms with Crippen molar-refractivity contribution in [1.29, 1.82) is 0 Å². The zero-order valence-electron chi connectivity index (χ0n) is 27.1. The molecule has 0 radical (unpaired) electrons. The van der Waals surface area contributed by atoms with Crippen molar-refractivity contribution in [3.63, 3.8) is 0 Å². The highest BCUT2D eigenvalue weighted by Gasteiger charge is 2.18. The van der Waals surface area contributed by atoms with Gasteiger partial charge in [-0.05, 0) is 119 Å². The van der Waals surface area contributed by atoms with E-state index in [2.05, 4.69) is 193 Å². The lowest BCUT2D eigenvalue weighted by molar-refractivity contribution is 1.17. The average Bonchev–Trinajstić information content (AvgIpc) is 3.48. The Morgan fingerprint density at radius 2 is 0.938 bits per heavy atom. The second-order valence-electron chi connectivity index (χ2n) is 12.7. The van der Waals surface area contributed by atoms with Crippen molar-refractivity contribution >= 4 is 49.6 Å². The van der Waals surface area contributed by atoms with Crippen molar-refractivity contribution in [2.24, 2.45) is 0 Å². The molecule has 9 rings (SSSR count). The van der Waals surface area contributed by atoms with Gasteiger partial charge in [0.2, 0.25) is 0 Å². The summed E-state index contributed by atoms with van der Waals surface area (Å²) >= 11 is 0. The van der Waals surface area contributed by atoms with Gasteiger partial charge in [-0.25, -0.2) is 0 Å². The Morgan fingerprint density at radius 3 is 1.56 bits per heavy atom. The number of benzene rings is 8. The number of hydrogen-bond donors (Lipinski definition) is 0. The van der Waals surface area contributed by atoms with E-state index in [9.17, 15) is 0 Å². The topological polar surface area (TPSA) is 8.17 Å². The molecule has 0 aliphatic rings. The van der Waals surface area contributed by atoms with Gasteiger partial charge in [0.05, 0.1) is 11.0 Å². The van der Waals surface area contributed by atoms with Crippen molar-refractivity contribution in [2.75, 3.05) is 4.90 Å². The Kier molecular flexibility index (Phi) is 6.62. The monoisotopic (exact) mass is 614 g/mol. The number of aromatic nitrogens is 1. The lowest BCUT2D eigenvalue weighted by Crippen LogP contribution is -2.10. The van der Waals surface area contributed by atoms with E-state index in [4.69, 9.17) is 0 Å². The van der Waals surface area contributed by atoms with Crippen LogP contribution in [0.5, 0.6) is 0 Å². The van der Waals surface area contributed by atoms with E-state index in [1.54, 1.807) is 0 Å². The molecule has 1 aromatic heterocycles. The van der Waals surface area contributed by atoms with Gasteiger partial charge in [0.25, 0.3) is 0 Å². The summed E-state index contributed by atoms with van der Waals surface area (Å²) in [6.45, 7) is 4.40. The minimum absolute atomic E-state index is 1.11. The molecule has 9 aromatic rings. The molecule has 1 heterocycles. The van der Waals surface area contributed by atoms with Crippen LogP contribution in [-0.4, -0.2) is 4.57 Å². The molecule has 0 saturated carbocycles. The summed E-state index contributed by atoms with van der Waals surface area (Å²) in [5.74, 6) is 0. The second kappa shape index (κ2) is 11.3. The minimum Gasteiger partial charge on any atom is -0.310 e. The quantitative estimate of drug-likeness (QED) is 0.169. The lowest BCUT2D eigenvalue weighted by Gasteiger charge is -2.27. The summed E-state index contributed by atoms with van der Waals surface area (Å²) in [6.07, 6.45) is 0. The maximum atomic E-state index is 2.41. The first-order chi connectivity index (χ1) is 23.6. The third-order valence-electron chi connectivity index (χ3n) is 9.83. The Morgan fingerprint density at radius 1 is 0.396 bits per heavy atom. The standard InChI is InChI=1S/C46H34N2/c1-31-10-6-7-15-41(31)42-29-28-40(30-32(42)2)47(37-22-20-34(21-23-37)33-11-4-3-5-12-33)38-24-26-39(27-25-38)48-43-16-8-13-35-18-19-36-14-9-17-44(48)46(36)45(35)43/h3-30H,1-2H3. The van der Waals surface area contributed by atoms with Crippen LogP contribution in [0.4, 0.5) is 17.1 Å². The minimum atomic E-state index is 1.11. The van der Waals surface area contributed by atoms with E-state index in [1.807, 2.05) is 0 Å². The fourth-order valence-electron chi connectivity index (χ4n) is 7.49. The number of anilines is 3. The number of hydrogen-bond acceptors (Lipinski definition) is 1. The van der Waals surface area contributed by atoms with Gasteiger partial charge in [0, 0.05) is 33.5 Å². The predicted octanol–water partition coefficient (Wildman–Crippen LogP) is 12.8. The van der Waals surface area contributed by atoms with Gasteiger partial charge < -0.3 is 9.47 Å². The van der Waals surface area contributed by atoms with Gasteiger partial charge in [-0.1, -0.05) is 109 Å². The van der Waals surface area contributed by atoms with E-state index in [0.29, 0.717) is 0 Å². The van der Waals surface area contributed by atoms with Crippen molar-refractivity contribution in [2.45, 2.75) is 13.8 Å². The molecule has 8 aromatic carbocycles. The first-order valence-corrected chi connectivity index (χ1v) is 16.6. The van der Waals surface area contributed by atoms with E-state index in [-0.39, 0.29) is 0 Å². The molecule has 228 valence electrons. The zero-order chi connectivity index (χ0) is 32.2. The smallest absolute Gasteiger partial charge is 0.0547 e. The molecule has 0 unspecified atom stereocenters. The average molecular weight is 615 g/mol. The summed E-state index contributed by atoms with van der Waals surface area (Å²) < 4.78 is 2.41. The van der Waals surface area contributed by atoms with Gasteiger partial charge in [-0.2, -0.15) is 0 Å². The van der Waals surface area contributed by atoms with Gasteiger partial charge in [-0.15, -0.1) is 0 Å². The maximum Gasteiger partial charge on any atom is 0.0547 e. The number of aryl methyl sites for hydroxylation is 2. The second-order valence-corrected chi connectivity index (χ2v) is 12.7. The molecular weight excluding hydrogens is 581 g/mol. The maximum absolute atomic E-state index is 2.41. The third kappa shape index (κ3) is 4.57. The molecule has 48 heavy (non-hydrogen) atoms. The van der Waals surface area contributed by atoms with Crippen LogP contribution in [0.1, 0.15) is 11.1 Å². The molecule has 0 aliphatic carbocycles. The fraction of sp³-hybridized carbons (Fsp3) is 0.0435. The molecule has 0 amide bonds. The Balaban J connectivity index is 1.17. The fourth-order valence-corrected chi connectivity index (χ4v) is 7.49. The summed E-state index contributed by atoms with van der Waals surface area (Å²) in [6, 6.07) is 61.8. The first kappa shape index (κ1) is 28.1. The third-order valence-corrected chi connectivity index (χ3v) is 9.83. The van der Waals surface area contributed by atoms with E-state index in [1.165, 1.54) is 66.0 Å². The molecule has 0 saturated heterocycles. The van der Waals surface area contributed by atoms with Crippen LogP contribution in [0.25, 0.3) is 60.5 Å². The van der Waals surface area contributed by atoms with Crippen molar-refractivity contribution in [3.8, 4) is 27.9 Å². The molecule has 2 nitrogen and oxygen atoms in total. The molecule has 0 atom stereocenters. The van der Waals surface area contributed by atoms with Crippen LogP contribution >= 0.6 is 0 Å². The summed E-state index contributed by atoms with van der Waals surface area (Å²) in [5.41, 5.74) is 14.5. The van der Waals surface area contributed by atoms with E-state index in [0.717, 1.165) is 22.7 Å². The molecule has 0 bridgehead atoms. The van der Waals surface area contributed by atoms with Gasteiger partial charge >= 0.3 is 0 Å². The van der Waals surface area contributed by atoms with Crippen LogP contribution in [0.15, 0.2) is 170 Å². The van der Waals surface area contributed by atoms with Crippen molar-refractivity contribution in [1.82, 2.24) is 4.57 Å².